The number of hydrogen-bond acceptors (Lipinski definition) is 3. The van der Waals surface area contributed by atoms with Gasteiger partial charge in [0.15, 0.2) is 0 Å². The number of nitrogens with zero attached hydrogens (tertiary/aromatic N) is 1. The molecule has 1 aromatic rings. The quantitative estimate of drug-likeness (QED) is 0.775. The van der Waals surface area contributed by atoms with Gasteiger partial charge in [0.2, 0.25) is 0 Å². The average Bonchev–Trinajstić information content (AvgIpc) is 2.88. The van der Waals surface area contributed by atoms with Gasteiger partial charge in [-0.05, 0) is 0 Å². The molecule has 1 saturated heterocycles. The molecular formula is C14H19AsN2O2. The van der Waals surface area contributed by atoms with Crippen LogP contribution in [0.4, 0.5) is 0 Å². The molecule has 1 unspecified atom stereocenters. The molecule has 2 N–H and O–H groups in total. The van der Waals surface area contributed by atoms with Crippen molar-refractivity contribution in [2.45, 2.75) is 31.3 Å². The zero-order valence-corrected chi connectivity index (χ0v) is 13.2. The van der Waals surface area contributed by atoms with Crippen molar-refractivity contribution in [3.05, 3.63) is 35.9 Å². The number of carbonyl (C=O) groups excluding carboxylic acids is 2. The molecule has 1 heterocycles. The first kappa shape index (κ1) is 14.3. The summed E-state index contributed by atoms with van der Waals surface area (Å²) in [7, 11) is 0. The summed E-state index contributed by atoms with van der Waals surface area (Å²) in [6.07, 6.45) is 2.19. The van der Waals surface area contributed by atoms with E-state index < -0.39 is 6.04 Å². The molecule has 0 bridgehead atoms. The average molecular weight is 322 g/mol. The van der Waals surface area contributed by atoms with Crippen molar-refractivity contribution in [2.75, 3.05) is 6.54 Å². The SMILES string of the molecule is N[C@H](Cc1ccccc1)C(=O)N1CCC[C@H]1C(=O)[AsH2]. The summed E-state index contributed by atoms with van der Waals surface area (Å²) in [6.45, 7) is 0.654. The Morgan fingerprint density at radius 2 is 2.05 bits per heavy atom. The number of benzene rings is 1. The molecular weight excluding hydrogens is 303 g/mol. The van der Waals surface area contributed by atoms with Crippen molar-refractivity contribution >= 4 is 27.3 Å². The van der Waals surface area contributed by atoms with Crippen LogP contribution >= 0.6 is 0 Å². The zero-order valence-electron chi connectivity index (χ0n) is 10.8. The van der Waals surface area contributed by atoms with E-state index in [4.69, 9.17) is 5.73 Å². The second-order valence-corrected chi connectivity index (χ2v) is 6.08. The van der Waals surface area contributed by atoms with Crippen LogP contribution in [0.3, 0.4) is 0 Å². The van der Waals surface area contributed by atoms with Crippen LogP contribution in [0.5, 0.6) is 0 Å². The van der Waals surface area contributed by atoms with Crippen LogP contribution in [0.1, 0.15) is 18.4 Å². The number of hydrogen-bond donors (Lipinski definition) is 1. The first-order chi connectivity index (χ1) is 9.09. The monoisotopic (exact) mass is 322 g/mol. The predicted molar refractivity (Wildman–Crippen MR) is 76.4 cm³/mol. The van der Waals surface area contributed by atoms with Gasteiger partial charge in [0.1, 0.15) is 0 Å². The van der Waals surface area contributed by atoms with E-state index in [9.17, 15) is 9.59 Å². The van der Waals surface area contributed by atoms with Gasteiger partial charge in [0, 0.05) is 0 Å². The summed E-state index contributed by atoms with van der Waals surface area (Å²) in [4.78, 5) is 25.5. The molecule has 102 valence electrons. The fourth-order valence-corrected chi connectivity index (χ4v) is 3.22. The summed E-state index contributed by atoms with van der Waals surface area (Å²) in [6, 6.07) is 8.92. The molecule has 1 aromatic carbocycles. The van der Waals surface area contributed by atoms with Crippen molar-refractivity contribution in [1.29, 1.82) is 0 Å². The maximum absolute atomic E-state index is 12.3. The molecule has 0 spiro atoms. The van der Waals surface area contributed by atoms with Crippen LogP contribution < -0.4 is 5.73 Å². The second kappa shape index (κ2) is 6.35. The Labute approximate surface area is 121 Å². The Morgan fingerprint density at radius 1 is 1.37 bits per heavy atom. The summed E-state index contributed by atoms with van der Waals surface area (Å²) < 4.78 is 0.116. The third kappa shape index (κ3) is 3.46. The summed E-state index contributed by atoms with van der Waals surface area (Å²) >= 11 is 1.07. The number of likely N-dealkylation sites (tertiary alicyclic amines) is 1. The van der Waals surface area contributed by atoms with Gasteiger partial charge in [0.25, 0.3) is 0 Å². The standard InChI is InChI=1S/C14H19AsN2O2/c15-13(18)12-7-4-8-17(12)14(19)11(16)9-10-5-2-1-3-6-10/h1-3,5-6,11-12H,4,7-9,15-16H2/t11-,12+/m1/s1. The molecule has 1 amide bonds. The molecule has 0 aliphatic carbocycles. The van der Waals surface area contributed by atoms with E-state index in [1.165, 1.54) is 0 Å². The Kier molecular flexibility index (Phi) is 4.78. The fraction of sp³-hybridized carbons (Fsp3) is 0.429. The summed E-state index contributed by atoms with van der Waals surface area (Å²) in [5, 5.41) is 0. The molecule has 0 saturated carbocycles. The molecule has 1 aliphatic rings. The zero-order chi connectivity index (χ0) is 13.8. The van der Waals surface area contributed by atoms with Gasteiger partial charge in [-0.25, -0.2) is 0 Å². The summed E-state index contributed by atoms with van der Waals surface area (Å²) in [5.41, 5.74) is 7.04. The van der Waals surface area contributed by atoms with Gasteiger partial charge < -0.3 is 0 Å². The van der Waals surface area contributed by atoms with E-state index in [0.29, 0.717) is 13.0 Å². The van der Waals surface area contributed by atoms with Crippen LogP contribution in [0.2, 0.25) is 0 Å². The molecule has 3 atom stereocenters. The van der Waals surface area contributed by atoms with Crippen molar-refractivity contribution in [2.24, 2.45) is 5.73 Å². The van der Waals surface area contributed by atoms with Crippen LogP contribution in [0, 0.1) is 0 Å². The van der Waals surface area contributed by atoms with Gasteiger partial charge in [-0.1, -0.05) is 0 Å². The summed E-state index contributed by atoms with van der Waals surface area (Å²) in [5.74, 6) is -0.0997. The fourth-order valence-electron chi connectivity index (χ4n) is 2.49. The van der Waals surface area contributed by atoms with Gasteiger partial charge >= 0.3 is 121 Å². The van der Waals surface area contributed by atoms with E-state index >= 15 is 0 Å². The van der Waals surface area contributed by atoms with Crippen LogP contribution in [-0.4, -0.2) is 50.9 Å². The Hall–Kier alpha value is -1.12. The Morgan fingerprint density at radius 3 is 2.68 bits per heavy atom. The number of carbonyl (C=O) groups is 2. The van der Waals surface area contributed by atoms with E-state index in [2.05, 4.69) is 0 Å². The number of rotatable bonds is 4. The maximum atomic E-state index is 12.3. The van der Waals surface area contributed by atoms with Crippen molar-refractivity contribution in [3.8, 4) is 0 Å². The molecule has 2 rings (SSSR count). The van der Waals surface area contributed by atoms with E-state index in [0.717, 1.165) is 35.3 Å². The predicted octanol–water partition coefficient (Wildman–Crippen LogP) is -0.293. The van der Waals surface area contributed by atoms with Crippen LogP contribution in [0.15, 0.2) is 30.3 Å². The van der Waals surface area contributed by atoms with Gasteiger partial charge in [-0.2, -0.15) is 0 Å². The minimum atomic E-state index is -0.560. The van der Waals surface area contributed by atoms with E-state index in [1.807, 2.05) is 30.3 Å². The Bertz CT molecular complexity index is 464. The van der Waals surface area contributed by atoms with Gasteiger partial charge in [-0.15, -0.1) is 0 Å². The van der Waals surface area contributed by atoms with E-state index in [1.54, 1.807) is 4.90 Å². The van der Waals surface area contributed by atoms with Crippen LogP contribution in [0.25, 0.3) is 0 Å². The molecule has 4 nitrogen and oxygen atoms in total. The number of amides is 1. The normalized spacial score (nSPS) is 20.3. The Balaban J connectivity index is 2.01. The van der Waals surface area contributed by atoms with Gasteiger partial charge in [-0.3, -0.25) is 0 Å². The minimum absolute atomic E-state index is 0.0997. The van der Waals surface area contributed by atoms with Crippen molar-refractivity contribution < 1.29 is 9.59 Å². The first-order valence-electron chi connectivity index (χ1n) is 6.49. The molecule has 1 aliphatic heterocycles. The number of nitrogens with two attached hydrogens (primary N) is 1. The van der Waals surface area contributed by atoms with Gasteiger partial charge in [0.05, 0.1) is 0 Å². The van der Waals surface area contributed by atoms with E-state index in [-0.39, 0.29) is 16.5 Å². The van der Waals surface area contributed by atoms with Crippen molar-refractivity contribution in [3.63, 3.8) is 0 Å². The third-order valence-electron chi connectivity index (χ3n) is 3.48. The molecule has 0 aromatic heterocycles. The second-order valence-electron chi connectivity index (χ2n) is 4.89. The first-order valence-corrected chi connectivity index (χ1v) is 7.70. The molecule has 5 heteroatoms. The topological polar surface area (TPSA) is 63.4 Å². The van der Waals surface area contributed by atoms with Crippen molar-refractivity contribution in [1.82, 2.24) is 4.90 Å². The molecule has 0 radical (unpaired) electrons. The molecule has 1 fully saturated rings. The molecule has 19 heavy (non-hydrogen) atoms. The third-order valence-corrected chi connectivity index (χ3v) is 4.29. The van der Waals surface area contributed by atoms with Crippen LogP contribution in [-0.2, 0) is 16.0 Å².